The molecule has 0 atom stereocenters. The minimum Gasteiger partial charge on any atom is -0.355 e. The molecule has 3 heteroatoms. The molecule has 80 valence electrons. The Morgan fingerprint density at radius 3 is 2.71 bits per heavy atom. The molecule has 2 fully saturated rings. The second-order valence-corrected chi connectivity index (χ2v) is 5.16. The third-order valence-corrected chi connectivity index (χ3v) is 3.23. The second kappa shape index (κ2) is 3.89. The minimum absolute atomic E-state index is 0.154. The first-order valence-electron chi connectivity index (χ1n) is 5.65. The lowest BCUT2D eigenvalue weighted by atomic mass is 10.1. The van der Waals surface area contributed by atoms with Gasteiger partial charge >= 0.3 is 0 Å². The Morgan fingerprint density at radius 2 is 2.14 bits per heavy atom. The van der Waals surface area contributed by atoms with Gasteiger partial charge in [0.05, 0.1) is 6.54 Å². The summed E-state index contributed by atoms with van der Waals surface area (Å²) in [6.45, 7) is 4.63. The van der Waals surface area contributed by atoms with E-state index in [1.54, 1.807) is 0 Å². The van der Waals surface area contributed by atoms with Crippen LogP contribution in [0, 0.1) is 11.3 Å². The molecule has 2 saturated carbocycles. The average molecular weight is 196 g/mol. The molecule has 14 heavy (non-hydrogen) atoms. The lowest BCUT2D eigenvalue weighted by Crippen LogP contribution is -2.36. The predicted octanol–water partition coefficient (Wildman–Crippen LogP) is 0.902. The maximum Gasteiger partial charge on any atom is 0.233 e. The van der Waals surface area contributed by atoms with Gasteiger partial charge in [0, 0.05) is 13.1 Å². The summed E-state index contributed by atoms with van der Waals surface area (Å²) in [6.07, 6.45) is 5.21. The molecule has 1 amide bonds. The number of rotatable bonds is 6. The highest BCUT2D eigenvalue weighted by Crippen LogP contribution is 2.43. The number of nitrogens with one attached hydrogen (secondary N) is 2. The molecule has 2 rings (SSSR count). The summed E-state index contributed by atoms with van der Waals surface area (Å²) >= 11 is 0. The van der Waals surface area contributed by atoms with Crippen LogP contribution in [0.2, 0.25) is 0 Å². The van der Waals surface area contributed by atoms with Gasteiger partial charge in [0.1, 0.15) is 0 Å². The van der Waals surface area contributed by atoms with Crippen molar-refractivity contribution >= 4 is 5.91 Å². The van der Waals surface area contributed by atoms with Crippen molar-refractivity contribution in [1.82, 2.24) is 10.6 Å². The van der Waals surface area contributed by atoms with Crippen molar-refractivity contribution in [3.8, 4) is 0 Å². The zero-order chi connectivity index (χ0) is 10.0. The Labute approximate surface area is 85.6 Å². The Kier molecular flexibility index (Phi) is 2.77. The van der Waals surface area contributed by atoms with Crippen molar-refractivity contribution in [3.05, 3.63) is 0 Å². The maximum absolute atomic E-state index is 11.3. The fourth-order valence-electron chi connectivity index (χ4n) is 1.51. The smallest absolute Gasteiger partial charge is 0.233 e. The highest BCUT2D eigenvalue weighted by atomic mass is 16.1. The highest BCUT2D eigenvalue weighted by Gasteiger charge is 2.36. The van der Waals surface area contributed by atoms with E-state index in [1.165, 1.54) is 25.7 Å². The monoisotopic (exact) mass is 196 g/mol. The number of hydrogen-bond donors (Lipinski definition) is 2. The summed E-state index contributed by atoms with van der Waals surface area (Å²) in [5.41, 5.74) is 0.497. The standard InChI is InChI=1S/C11H20N2O/c1-11(4-5-11)8-12-7-10(14)13-6-9-2-3-9/h9,12H,2-8H2,1H3,(H,13,14). The van der Waals surface area contributed by atoms with Crippen LogP contribution in [0.4, 0.5) is 0 Å². The van der Waals surface area contributed by atoms with E-state index in [1.807, 2.05) is 0 Å². The molecule has 0 aromatic rings. The van der Waals surface area contributed by atoms with Gasteiger partial charge in [0.15, 0.2) is 0 Å². The van der Waals surface area contributed by atoms with Crippen molar-refractivity contribution in [2.24, 2.45) is 11.3 Å². The fraction of sp³-hybridized carbons (Fsp3) is 0.909. The largest absolute Gasteiger partial charge is 0.355 e. The van der Waals surface area contributed by atoms with E-state index in [0.717, 1.165) is 19.0 Å². The zero-order valence-corrected chi connectivity index (χ0v) is 8.94. The Bertz CT molecular complexity index is 219. The highest BCUT2D eigenvalue weighted by molar-refractivity contribution is 5.77. The quantitative estimate of drug-likeness (QED) is 0.663. The molecule has 2 N–H and O–H groups in total. The van der Waals surface area contributed by atoms with E-state index >= 15 is 0 Å². The molecular weight excluding hydrogens is 176 g/mol. The summed E-state index contributed by atoms with van der Waals surface area (Å²) < 4.78 is 0. The molecule has 0 spiro atoms. The summed E-state index contributed by atoms with van der Waals surface area (Å²) in [7, 11) is 0. The van der Waals surface area contributed by atoms with E-state index in [9.17, 15) is 4.79 Å². The Morgan fingerprint density at radius 1 is 1.43 bits per heavy atom. The fourth-order valence-corrected chi connectivity index (χ4v) is 1.51. The number of carbonyl (C=O) groups excluding carboxylic acids is 1. The minimum atomic E-state index is 0.154. The van der Waals surface area contributed by atoms with Crippen LogP contribution in [0.25, 0.3) is 0 Å². The van der Waals surface area contributed by atoms with Gasteiger partial charge in [-0.1, -0.05) is 6.92 Å². The van der Waals surface area contributed by atoms with Crippen LogP contribution in [0.15, 0.2) is 0 Å². The van der Waals surface area contributed by atoms with E-state index in [4.69, 9.17) is 0 Å². The van der Waals surface area contributed by atoms with Crippen LogP contribution in [-0.4, -0.2) is 25.5 Å². The van der Waals surface area contributed by atoms with Gasteiger partial charge in [-0.15, -0.1) is 0 Å². The molecule has 3 nitrogen and oxygen atoms in total. The van der Waals surface area contributed by atoms with Gasteiger partial charge in [-0.3, -0.25) is 4.79 Å². The topological polar surface area (TPSA) is 41.1 Å². The number of amides is 1. The third kappa shape index (κ3) is 3.29. The Balaban J connectivity index is 1.48. The lowest BCUT2D eigenvalue weighted by Gasteiger charge is -2.09. The first-order chi connectivity index (χ1) is 6.68. The van der Waals surface area contributed by atoms with Gasteiger partial charge in [0.2, 0.25) is 5.91 Å². The second-order valence-electron chi connectivity index (χ2n) is 5.16. The molecule has 2 aliphatic rings. The van der Waals surface area contributed by atoms with Crippen molar-refractivity contribution < 1.29 is 4.79 Å². The molecule has 0 aromatic carbocycles. The van der Waals surface area contributed by atoms with Gasteiger partial charge in [-0.25, -0.2) is 0 Å². The first-order valence-corrected chi connectivity index (χ1v) is 5.65. The molecule has 0 unspecified atom stereocenters. The zero-order valence-electron chi connectivity index (χ0n) is 8.94. The maximum atomic E-state index is 11.3. The van der Waals surface area contributed by atoms with Gasteiger partial charge in [-0.2, -0.15) is 0 Å². The van der Waals surface area contributed by atoms with Crippen molar-refractivity contribution in [3.63, 3.8) is 0 Å². The summed E-state index contributed by atoms with van der Waals surface area (Å²) in [5.74, 6) is 0.932. The van der Waals surface area contributed by atoms with Crippen molar-refractivity contribution in [2.75, 3.05) is 19.6 Å². The van der Waals surface area contributed by atoms with E-state index in [2.05, 4.69) is 17.6 Å². The SMILES string of the molecule is CC1(CNCC(=O)NCC2CC2)CC1. The van der Waals surface area contributed by atoms with Crippen LogP contribution in [-0.2, 0) is 4.79 Å². The normalized spacial score (nSPS) is 23.2. The third-order valence-electron chi connectivity index (χ3n) is 3.23. The predicted molar refractivity (Wildman–Crippen MR) is 55.9 cm³/mol. The van der Waals surface area contributed by atoms with Gasteiger partial charge in [0.25, 0.3) is 0 Å². The van der Waals surface area contributed by atoms with E-state index in [0.29, 0.717) is 12.0 Å². The van der Waals surface area contributed by atoms with Gasteiger partial charge < -0.3 is 10.6 Å². The molecule has 0 aliphatic heterocycles. The van der Waals surface area contributed by atoms with Crippen molar-refractivity contribution in [1.29, 1.82) is 0 Å². The van der Waals surface area contributed by atoms with Crippen LogP contribution < -0.4 is 10.6 Å². The number of hydrogen-bond acceptors (Lipinski definition) is 2. The first kappa shape index (κ1) is 9.97. The average Bonchev–Trinajstić information content (AvgIpc) is 3.00. The Hall–Kier alpha value is -0.570. The summed E-state index contributed by atoms with van der Waals surface area (Å²) in [4.78, 5) is 11.3. The van der Waals surface area contributed by atoms with E-state index < -0.39 is 0 Å². The number of carbonyl (C=O) groups is 1. The lowest BCUT2D eigenvalue weighted by molar-refractivity contribution is -0.120. The van der Waals surface area contributed by atoms with Crippen LogP contribution in [0.1, 0.15) is 32.6 Å². The molecule has 0 heterocycles. The van der Waals surface area contributed by atoms with E-state index in [-0.39, 0.29) is 5.91 Å². The summed E-state index contributed by atoms with van der Waals surface area (Å²) in [6, 6.07) is 0. The summed E-state index contributed by atoms with van der Waals surface area (Å²) in [5, 5.41) is 6.17. The molecule has 0 bridgehead atoms. The van der Waals surface area contributed by atoms with Crippen LogP contribution >= 0.6 is 0 Å². The molecule has 0 saturated heterocycles. The van der Waals surface area contributed by atoms with Crippen molar-refractivity contribution in [2.45, 2.75) is 32.6 Å². The van der Waals surface area contributed by atoms with Crippen LogP contribution in [0.3, 0.4) is 0 Å². The molecule has 0 aromatic heterocycles. The van der Waals surface area contributed by atoms with Gasteiger partial charge in [-0.05, 0) is 37.0 Å². The van der Waals surface area contributed by atoms with Crippen LogP contribution in [0.5, 0.6) is 0 Å². The molecule has 2 aliphatic carbocycles. The molecular formula is C11H20N2O. The molecule has 0 radical (unpaired) electrons.